The van der Waals surface area contributed by atoms with Crippen LogP contribution in [0.3, 0.4) is 0 Å². The van der Waals surface area contributed by atoms with Crippen molar-refractivity contribution in [3.63, 3.8) is 0 Å². The van der Waals surface area contributed by atoms with Gasteiger partial charge in [0.1, 0.15) is 6.54 Å². The van der Waals surface area contributed by atoms with Gasteiger partial charge in [-0.1, -0.05) is 49.2 Å². The highest BCUT2D eigenvalue weighted by Crippen LogP contribution is 2.48. The molecule has 2 amide bonds. The van der Waals surface area contributed by atoms with Crippen molar-refractivity contribution >= 4 is 34.9 Å². The molecule has 2 aromatic carbocycles. The summed E-state index contributed by atoms with van der Waals surface area (Å²) in [6.07, 6.45) is 9.38. The third-order valence-electron chi connectivity index (χ3n) is 9.96. The average molecular weight is 671 g/mol. The van der Waals surface area contributed by atoms with Crippen LogP contribution >= 0.6 is 0 Å². The fourth-order valence-electron chi connectivity index (χ4n) is 7.21. The van der Waals surface area contributed by atoms with E-state index in [0.717, 1.165) is 25.9 Å². The number of unbranched alkanes of at least 4 members (excludes halogenated alkanes) is 2. The number of carbonyl (C=O) groups is 3. The molecule has 0 saturated carbocycles. The third kappa shape index (κ3) is 7.73. The molecule has 0 bridgehead atoms. The Hall–Kier alpha value is -4.08. The van der Waals surface area contributed by atoms with Gasteiger partial charge in [0.05, 0.1) is 25.2 Å². The van der Waals surface area contributed by atoms with E-state index in [1.165, 1.54) is 45.0 Å². The van der Waals surface area contributed by atoms with Gasteiger partial charge in [-0.2, -0.15) is 4.58 Å². The Balaban J connectivity index is 1.34. The molecule has 49 heavy (non-hydrogen) atoms. The number of allylic oxidation sites excluding steroid dienone is 4. The van der Waals surface area contributed by atoms with Crippen molar-refractivity contribution in [3.05, 3.63) is 82.6 Å². The lowest BCUT2D eigenvalue weighted by Crippen LogP contribution is -2.31. The molecule has 3 aliphatic rings. The molecular formula is C40H52N3O6+. The number of aryl methyl sites for hydroxylation is 2. The van der Waals surface area contributed by atoms with E-state index in [1.54, 1.807) is 7.11 Å². The SMILES string of the molecule is COCCOCCN1C(=CC=CC2=[N+](CCCCCC(=O)ON3C(=O)CCC3=O)c3ccc(C)cc3C2(C)C)C(C)(C)c2cc(C)ccc21. The Kier molecular flexibility index (Phi) is 11.2. The highest BCUT2D eigenvalue weighted by molar-refractivity contribution is 6.03. The van der Waals surface area contributed by atoms with Crippen LogP contribution in [0.25, 0.3) is 0 Å². The third-order valence-corrected chi connectivity index (χ3v) is 9.96. The summed E-state index contributed by atoms with van der Waals surface area (Å²) in [5, 5.41) is 0.624. The van der Waals surface area contributed by atoms with Crippen LogP contribution in [0, 0.1) is 13.8 Å². The minimum Gasteiger partial charge on any atom is -0.382 e. The molecule has 3 heterocycles. The van der Waals surface area contributed by atoms with Crippen molar-refractivity contribution < 1.29 is 33.3 Å². The minimum atomic E-state index is -0.544. The second-order valence-electron chi connectivity index (χ2n) is 14.4. The first-order chi connectivity index (χ1) is 23.4. The van der Waals surface area contributed by atoms with Crippen molar-refractivity contribution in [2.45, 2.75) is 90.9 Å². The summed E-state index contributed by atoms with van der Waals surface area (Å²) in [7, 11) is 1.69. The normalized spacial score (nSPS) is 18.7. The smallest absolute Gasteiger partial charge is 0.333 e. The van der Waals surface area contributed by atoms with Gasteiger partial charge in [0.2, 0.25) is 5.69 Å². The maximum absolute atomic E-state index is 12.3. The van der Waals surface area contributed by atoms with Crippen LogP contribution in [0.4, 0.5) is 11.4 Å². The number of carbonyl (C=O) groups excluding carboxylic acids is 3. The van der Waals surface area contributed by atoms with E-state index in [-0.39, 0.29) is 30.1 Å². The topological polar surface area (TPSA) is 88.4 Å². The molecule has 9 nitrogen and oxygen atoms in total. The zero-order valence-electron chi connectivity index (χ0n) is 30.3. The molecule has 0 N–H and O–H groups in total. The zero-order valence-corrected chi connectivity index (χ0v) is 30.3. The number of benzene rings is 2. The number of rotatable bonds is 15. The number of methoxy groups -OCH3 is 1. The van der Waals surface area contributed by atoms with Gasteiger partial charge in [0, 0.05) is 73.8 Å². The van der Waals surface area contributed by atoms with Gasteiger partial charge in [0.25, 0.3) is 11.8 Å². The first-order valence-electron chi connectivity index (χ1n) is 17.5. The summed E-state index contributed by atoms with van der Waals surface area (Å²) in [6.45, 7) is 16.8. The molecule has 0 aliphatic carbocycles. The minimum absolute atomic E-state index is 0.0946. The van der Waals surface area contributed by atoms with Crippen LogP contribution in [0.1, 0.15) is 88.5 Å². The number of anilines is 1. The number of fused-ring (bicyclic) bond motifs is 2. The lowest BCUT2D eigenvalue weighted by atomic mass is 9.80. The van der Waals surface area contributed by atoms with Crippen molar-refractivity contribution in [1.82, 2.24) is 5.06 Å². The summed E-state index contributed by atoms with van der Waals surface area (Å²) in [4.78, 5) is 43.3. The highest BCUT2D eigenvalue weighted by Gasteiger charge is 2.44. The van der Waals surface area contributed by atoms with Crippen LogP contribution < -0.4 is 4.90 Å². The van der Waals surface area contributed by atoms with Crippen molar-refractivity contribution in [3.8, 4) is 0 Å². The Morgan fingerprint density at radius 1 is 0.878 bits per heavy atom. The Bertz CT molecular complexity index is 1670. The molecule has 9 heteroatoms. The van der Waals surface area contributed by atoms with Crippen LogP contribution in [0.2, 0.25) is 0 Å². The molecule has 1 saturated heterocycles. The Labute approximate surface area is 291 Å². The first-order valence-corrected chi connectivity index (χ1v) is 17.5. The number of hydrogen-bond acceptors (Lipinski definition) is 7. The molecule has 0 aromatic heterocycles. The van der Waals surface area contributed by atoms with Crippen LogP contribution in [-0.2, 0) is 39.5 Å². The van der Waals surface area contributed by atoms with Gasteiger partial charge < -0.3 is 19.2 Å². The number of ether oxygens (including phenoxy) is 2. The number of amides is 2. The number of hydroxylamine groups is 2. The molecule has 0 spiro atoms. The average Bonchev–Trinajstić information content (AvgIpc) is 3.56. The number of nitrogens with zero attached hydrogens (tertiary/aromatic N) is 3. The van der Waals surface area contributed by atoms with Gasteiger partial charge in [-0.25, -0.2) is 4.79 Å². The van der Waals surface area contributed by atoms with Crippen molar-refractivity contribution in [2.75, 3.05) is 44.9 Å². The number of imide groups is 1. The summed E-state index contributed by atoms with van der Waals surface area (Å²) in [5.74, 6) is -1.45. The van der Waals surface area contributed by atoms with Gasteiger partial charge in [-0.3, -0.25) is 9.59 Å². The molecule has 0 radical (unpaired) electrons. The molecular weight excluding hydrogens is 618 g/mol. The van der Waals surface area contributed by atoms with E-state index in [4.69, 9.17) is 14.3 Å². The predicted octanol–water partition coefficient (Wildman–Crippen LogP) is 6.75. The summed E-state index contributed by atoms with van der Waals surface area (Å²) in [5.41, 5.74) is 9.65. The van der Waals surface area contributed by atoms with E-state index in [9.17, 15) is 14.4 Å². The summed E-state index contributed by atoms with van der Waals surface area (Å²) < 4.78 is 13.5. The molecule has 0 unspecified atom stereocenters. The lowest BCUT2D eigenvalue weighted by Gasteiger charge is -2.27. The fraction of sp³-hybridized carbons (Fsp3) is 0.500. The standard InChI is InChI=1S/C40H52N3O6/c1-28-15-17-32-30(26-28)39(3,4)34(41(32)21-10-8-9-14-38(46)49-43-36(44)19-20-37(43)45)12-11-13-35-40(5,6)31-27-29(2)16-18-33(31)42(35)22-23-48-25-24-47-7/h11-13,15-18,26-27H,8-10,14,19-25H2,1-7H3/q+1. The maximum atomic E-state index is 12.3. The predicted molar refractivity (Wildman–Crippen MR) is 191 cm³/mol. The van der Waals surface area contributed by atoms with E-state index >= 15 is 0 Å². The Morgan fingerprint density at radius 2 is 1.57 bits per heavy atom. The largest absolute Gasteiger partial charge is 0.382 e. The van der Waals surface area contributed by atoms with Crippen LogP contribution in [-0.4, -0.2) is 73.2 Å². The van der Waals surface area contributed by atoms with Gasteiger partial charge in [-0.15, -0.1) is 5.06 Å². The van der Waals surface area contributed by atoms with Gasteiger partial charge in [0.15, 0.2) is 5.71 Å². The molecule has 262 valence electrons. The number of hydrogen-bond donors (Lipinski definition) is 0. The van der Waals surface area contributed by atoms with E-state index < -0.39 is 17.8 Å². The van der Waals surface area contributed by atoms with Crippen molar-refractivity contribution in [1.29, 1.82) is 0 Å². The van der Waals surface area contributed by atoms with E-state index in [2.05, 4.69) is 106 Å². The highest BCUT2D eigenvalue weighted by atomic mass is 16.7. The maximum Gasteiger partial charge on any atom is 0.333 e. The Morgan fingerprint density at radius 3 is 2.29 bits per heavy atom. The fourth-order valence-corrected chi connectivity index (χ4v) is 7.21. The van der Waals surface area contributed by atoms with E-state index in [1.807, 2.05) is 0 Å². The monoisotopic (exact) mass is 670 g/mol. The van der Waals surface area contributed by atoms with Crippen molar-refractivity contribution in [2.24, 2.45) is 0 Å². The zero-order chi connectivity index (χ0) is 35.3. The second kappa shape index (κ2) is 15.2. The molecule has 2 aromatic rings. The van der Waals surface area contributed by atoms with Crippen LogP contribution in [0.15, 0.2) is 60.3 Å². The second-order valence-corrected chi connectivity index (χ2v) is 14.4. The molecule has 3 aliphatic heterocycles. The molecule has 1 fully saturated rings. The quantitative estimate of drug-likeness (QED) is 0.118. The first kappa shape index (κ1) is 36.2. The van der Waals surface area contributed by atoms with Gasteiger partial charge in [-0.05, 0) is 64.3 Å². The summed E-state index contributed by atoms with van der Waals surface area (Å²) in [6, 6.07) is 13.4. The molecule has 0 atom stereocenters. The molecule has 5 rings (SSSR count). The van der Waals surface area contributed by atoms with Crippen LogP contribution in [0.5, 0.6) is 0 Å². The van der Waals surface area contributed by atoms with Gasteiger partial charge >= 0.3 is 5.97 Å². The van der Waals surface area contributed by atoms with E-state index in [0.29, 0.717) is 31.3 Å². The summed E-state index contributed by atoms with van der Waals surface area (Å²) >= 11 is 0. The lowest BCUT2D eigenvalue weighted by molar-refractivity contribution is -0.438.